The SMILES string of the molecule is O=C(O)N1CC=C(c2ccccc2O)CC1. The predicted octanol–water partition coefficient (Wildman–Crippen LogP) is 2.16. The number of rotatable bonds is 1. The number of amides is 1. The smallest absolute Gasteiger partial charge is 0.407 e. The highest BCUT2D eigenvalue weighted by molar-refractivity contribution is 5.73. The van der Waals surface area contributed by atoms with Crippen LogP contribution in [0.2, 0.25) is 0 Å². The van der Waals surface area contributed by atoms with Crippen LogP contribution in [0.5, 0.6) is 5.75 Å². The summed E-state index contributed by atoms with van der Waals surface area (Å²) in [6, 6.07) is 7.11. The Bertz CT molecular complexity index is 440. The van der Waals surface area contributed by atoms with Crippen LogP contribution in [0.15, 0.2) is 30.3 Å². The van der Waals surface area contributed by atoms with E-state index in [-0.39, 0.29) is 5.75 Å². The summed E-state index contributed by atoms with van der Waals surface area (Å²) >= 11 is 0. The average Bonchev–Trinajstić information content (AvgIpc) is 2.30. The van der Waals surface area contributed by atoms with Gasteiger partial charge in [-0.2, -0.15) is 0 Å². The van der Waals surface area contributed by atoms with Gasteiger partial charge in [-0.25, -0.2) is 4.79 Å². The van der Waals surface area contributed by atoms with Crippen LogP contribution < -0.4 is 0 Å². The van der Waals surface area contributed by atoms with Gasteiger partial charge in [0.25, 0.3) is 0 Å². The van der Waals surface area contributed by atoms with Gasteiger partial charge in [0.15, 0.2) is 0 Å². The minimum Gasteiger partial charge on any atom is -0.507 e. The molecule has 1 aromatic carbocycles. The lowest BCUT2D eigenvalue weighted by molar-refractivity contribution is 0.150. The minimum atomic E-state index is -0.896. The Balaban J connectivity index is 2.19. The van der Waals surface area contributed by atoms with E-state index in [0.717, 1.165) is 11.1 Å². The van der Waals surface area contributed by atoms with Crippen molar-refractivity contribution in [1.82, 2.24) is 4.90 Å². The summed E-state index contributed by atoms with van der Waals surface area (Å²) in [5, 5.41) is 18.5. The Morgan fingerprint density at radius 2 is 2.06 bits per heavy atom. The number of benzene rings is 1. The number of phenols is 1. The van der Waals surface area contributed by atoms with Crippen LogP contribution in [0.3, 0.4) is 0 Å². The molecule has 0 bridgehead atoms. The number of hydrogen-bond donors (Lipinski definition) is 2. The fraction of sp³-hybridized carbons (Fsp3) is 0.250. The van der Waals surface area contributed by atoms with Gasteiger partial charge in [-0.05, 0) is 18.1 Å². The van der Waals surface area contributed by atoms with Gasteiger partial charge in [0, 0.05) is 18.7 Å². The zero-order valence-electron chi connectivity index (χ0n) is 8.76. The van der Waals surface area contributed by atoms with Crippen LogP contribution in [0.4, 0.5) is 4.79 Å². The van der Waals surface area contributed by atoms with E-state index in [1.807, 2.05) is 18.2 Å². The molecule has 0 aromatic heterocycles. The molecule has 4 heteroatoms. The van der Waals surface area contributed by atoms with Crippen molar-refractivity contribution in [3.05, 3.63) is 35.9 Å². The van der Waals surface area contributed by atoms with E-state index in [1.165, 1.54) is 4.90 Å². The third-order valence-corrected chi connectivity index (χ3v) is 2.73. The molecule has 1 aromatic rings. The highest BCUT2D eigenvalue weighted by Gasteiger charge is 2.17. The van der Waals surface area contributed by atoms with Gasteiger partial charge < -0.3 is 15.1 Å². The summed E-state index contributed by atoms with van der Waals surface area (Å²) in [6.07, 6.45) is 1.60. The van der Waals surface area contributed by atoms with Gasteiger partial charge in [-0.15, -0.1) is 0 Å². The molecule has 0 saturated heterocycles. The Morgan fingerprint density at radius 3 is 2.62 bits per heavy atom. The van der Waals surface area contributed by atoms with Crippen LogP contribution in [-0.4, -0.2) is 34.3 Å². The van der Waals surface area contributed by atoms with Crippen LogP contribution in [0.25, 0.3) is 5.57 Å². The van der Waals surface area contributed by atoms with Gasteiger partial charge in [0.2, 0.25) is 0 Å². The first-order valence-electron chi connectivity index (χ1n) is 5.14. The molecule has 0 aliphatic carbocycles. The third kappa shape index (κ3) is 2.00. The number of phenolic OH excluding ortho intramolecular Hbond substituents is 1. The summed E-state index contributed by atoms with van der Waals surface area (Å²) in [5.74, 6) is 0.248. The van der Waals surface area contributed by atoms with E-state index >= 15 is 0 Å². The van der Waals surface area contributed by atoms with Crippen LogP contribution >= 0.6 is 0 Å². The maximum absolute atomic E-state index is 10.7. The number of aromatic hydroxyl groups is 1. The lowest BCUT2D eigenvalue weighted by atomic mass is 9.99. The quantitative estimate of drug-likeness (QED) is 0.760. The standard InChI is InChI=1S/C12H13NO3/c14-11-4-2-1-3-10(11)9-5-7-13(8-6-9)12(15)16/h1-5,14H,6-8H2,(H,15,16). The van der Waals surface area contributed by atoms with E-state index in [0.29, 0.717) is 19.5 Å². The number of nitrogens with zero attached hydrogens (tertiary/aromatic N) is 1. The highest BCUT2D eigenvalue weighted by atomic mass is 16.4. The van der Waals surface area contributed by atoms with Crippen molar-refractivity contribution in [2.75, 3.05) is 13.1 Å². The Labute approximate surface area is 93.4 Å². The molecule has 4 nitrogen and oxygen atoms in total. The van der Waals surface area contributed by atoms with E-state index in [4.69, 9.17) is 5.11 Å². The van der Waals surface area contributed by atoms with E-state index in [1.54, 1.807) is 12.1 Å². The molecular weight excluding hydrogens is 206 g/mol. The molecule has 16 heavy (non-hydrogen) atoms. The second-order valence-corrected chi connectivity index (χ2v) is 3.73. The van der Waals surface area contributed by atoms with E-state index in [9.17, 15) is 9.90 Å². The molecule has 1 aliphatic rings. The minimum absolute atomic E-state index is 0.248. The van der Waals surface area contributed by atoms with Crippen molar-refractivity contribution < 1.29 is 15.0 Å². The molecule has 2 rings (SSSR count). The first-order valence-corrected chi connectivity index (χ1v) is 5.14. The van der Waals surface area contributed by atoms with Crippen molar-refractivity contribution in [1.29, 1.82) is 0 Å². The van der Waals surface area contributed by atoms with Crippen molar-refractivity contribution >= 4 is 11.7 Å². The van der Waals surface area contributed by atoms with Crippen LogP contribution in [0.1, 0.15) is 12.0 Å². The largest absolute Gasteiger partial charge is 0.507 e. The zero-order chi connectivity index (χ0) is 11.5. The molecule has 0 unspecified atom stereocenters. The molecule has 0 fully saturated rings. The highest BCUT2D eigenvalue weighted by Crippen LogP contribution is 2.28. The molecule has 0 atom stereocenters. The molecule has 1 aliphatic heterocycles. The topological polar surface area (TPSA) is 60.8 Å². The predicted molar refractivity (Wildman–Crippen MR) is 60.3 cm³/mol. The molecule has 0 spiro atoms. The van der Waals surface area contributed by atoms with Crippen molar-refractivity contribution in [2.24, 2.45) is 0 Å². The van der Waals surface area contributed by atoms with Crippen LogP contribution in [-0.2, 0) is 0 Å². The third-order valence-electron chi connectivity index (χ3n) is 2.73. The second-order valence-electron chi connectivity index (χ2n) is 3.73. The fourth-order valence-corrected chi connectivity index (χ4v) is 1.83. The maximum Gasteiger partial charge on any atom is 0.407 e. The number of carboxylic acid groups (broad SMARTS) is 1. The summed E-state index contributed by atoms with van der Waals surface area (Å²) in [6.45, 7) is 0.870. The molecular formula is C12H13NO3. The summed E-state index contributed by atoms with van der Waals surface area (Å²) < 4.78 is 0. The monoisotopic (exact) mass is 219 g/mol. The summed E-state index contributed by atoms with van der Waals surface area (Å²) in [7, 11) is 0. The van der Waals surface area contributed by atoms with Crippen molar-refractivity contribution in [3.63, 3.8) is 0 Å². The summed E-state index contributed by atoms with van der Waals surface area (Å²) in [4.78, 5) is 12.1. The first kappa shape index (κ1) is 10.5. The molecule has 0 radical (unpaired) electrons. The molecule has 0 saturated carbocycles. The molecule has 1 heterocycles. The number of hydrogen-bond acceptors (Lipinski definition) is 2. The first-order chi connectivity index (χ1) is 7.68. The number of carbonyl (C=O) groups is 1. The van der Waals surface area contributed by atoms with Crippen LogP contribution in [0, 0.1) is 0 Å². The lowest BCUT2D eigenvalue weighted by Crippen LogP contribution is -2.33. The normalized spacial score (nSPS) is 15.8. The molecule has 84 valence electrons. The lowest BCUT2D eigenvalue weighted by Gasteiger charge is -2.24. The second kappa shape index (κ2) is 4.26. The Hall–Kier alpha value is -1.97. The van der Waals surface area contributed by atoms with Gasteiger partial charge in [-0.3, -0.25) is 0 Å². The average molecular weight is 219 g/mol. The maximum atomic E-state index is 10.7. The summed E-state index contributed by atoms with van der Waals surface area (Å²) in [5.41, 5.74) is 1.81. The van der Waals surface area contributed by atoms with E-state index < -0.39 is 6.09 Å². The Morgan fingerprint density at radius 1 is 1.31 bits per heavy atom. The zero-order valence-corrected chi connectivity index (χ0v) is 8.76. The van der Waals surface area contributed by atoms with Crippen molar-refractivity contribution in [3.8, 4) is 5.75 Å². The molecule has 1 amide bonds. The van der Waals surface area contributed by atoms with Gasteiger partial charge >= 0.3 is 6.09 Å². The van der Waals surface area contributed by atoms with Gasteiger partial charge in [-0.1, -0.05) is 24.3 Å². The van der Waals surface area contributed by atoms with Crippen molar-refractivity contribution in [2.45, 2.75) is 6.42 Å². The van der Waals surface area contributed by atoms with Gasteiger partial charge in [0.05, 0.1) is 0 Å². The van der Waals surface area contributed by atoms with E-state index in [2.05, 4.69) is 0 Å². The fourth-order valence-electron chi connectivity index (χ4n) is 1.83. The molecule has 2 N–H and O–H groups in total. The Kier molecular flexibility index (Phi) is 2.81. The van der Waals surface area contributed by atoms with Gasteiger partial charge in [0.1, 0.15) is 5.75 Å². The number of para-hydroxylation sites is 1.